The number of rotatable bonds is 4. The minimum absolute atomic E-state index is 0.187. The van der Waals surface area contributed by atoms with Crippen molar-refractivity contribution < 1.29 is 9.53 Å². The molecule has 0 bridgehead atoms. The Morgan fingerprint density at radius 3 is 2.57 bits per heavy atom. The zero-order valence-corrected chi connectivity index (χ0v) is 12.5. The molecule has 0 unspecified atom stereocenters. The lowest BCUT2D eigenvalue weighted by Gasteiger charge is -2.13. The first-order chi connectivity index (χ1) is 10.0. The summed E-state index contributed by atoms with van der Waals surface area (Å²) in [5, 5.41) is 6.23. The Hall–Kier alpha value is -2.40. The Kier molecular flexibility index (Phi) is 4.55. The van der Waals surface area contributed by atoms with Crippen molar-refractivity contribution >= 4 is 34.6 Å². The first-order valence-corrected chi connectivity index (χ1v) is 6.65. The highest BCUT2D eigenvalue weighted by Crippen LogP contribution is 2.31. The summed E-state index contributed by atoms with van der Waals surface area (Å²) >= 11 is 6.14. The lowest BCUT2D eigenvalue weighted by molar-refractivity contribution is 0.0963. The standard InChI is InChI=1S/C15H16ClN3O2/c1-18-15(20)9-3-6-13(12(17)7-9)19-14-8-10(21-2)4-5-11(14)16/h3-8,19H,17H2,1-2H3,(H,18,20). The first-order valence-electron chi connectivity index (χ1n) is 6.27. The fourth-order valence-corrected chi connectivity index (χ4v) is 2.00. The lowest BCUT2D eigenvalue weighted by Crippen LogP contribution is -2.17. The van der Waals surface area contributed by atoms with Gasteiger partial charge in [-0.15, -0.1) is 0 Å². The van der Waals surface area contributed by atoms with Crippen LogP contribution in [0.3, 0.4) is 0 Å². The normalized spacial score (nSPS) is 10.0. The van der Waals surface area contributed by atoms with E-state index in [1.54, 1.807) is 50.6 Å². The third-order valence-corrected chi connectivity index (χ3v) is 3.31. The molecule has 0 saturated heterocycles. The Morgan fingerprint density at radius 1 is 1.19 bits per heavy atom. The average Bonchev–Trinajstić information content (AvgIpc) is 2.50. The monoisotopic (exact) mass is 305 g/mol. The van der Waals surface area contributed by atoms with E-state index >= 15 is 0 Å². The van der Waals surface area contributed by atoms with Crippen LogP contribution < -0.4 is 21.1 Å². The van der Waals surface area contributed by atoms with Crippen LogP contribution in [0, 0.1) is 0 Å². The van der Waals surface area contributed by atoms with Gasteiger partial charge in [0.1, 0.15) is 5.75 Å². The molecule has 1 amide bonds. The molecule has 2 aromatic rings. The number of nitrogen functional groups attached to an aromatic ring is 1. The van der Waals surface area contributed by atoms with E-state index in [9.17, 15) is 4.79 Å². The van der Waals surface area contributed by atoms with Crippen LogP contribution >= 0.6 is 11.6 Å². The topological polar surface area (TPSA) is 76.4 Å². The van der Waals surface area contributed by atoms with Crippen molar-refractivity contribution in [3.63, 3.8) is 0 Å². The van der Waals surface area contributed by atoms with Crippen molar-refractivity contribution in [3.8, 4) is 5.75 Å². The number of nitrogens with one attached hydrogen (secondary N) is 2. The summed E-state index contributed by atoms with van der Waals surface area (Å²) in [6.07, 6.45) is 0. The SMILES string of the molecule is CNC(=O)c1ccc(Nc2cc(OC)ccc2Cl)c(N)c1. The molecule has 4 N–H and O–H groups in total. The summed E-state index contributed by atoms with van der Waals surface area (Å²) in [7, 11) is 3.15. The first kappa shape index (κ1) is 15.0. The second kappa shape index (κ2) is 6.37. The van der Waals surface area contributed by atoms with Crippen LogP contribution in [-0.4, -0.2) is 20.1 Å². The molecule has 0 fully saturated rings. The van der Waals surface area contributed by atoms with Gasteiger partial charge in [-0.05, 0) is 30.3 Å². The van der Waals surface area contributed by atoms with Gasteiger partial charge in [0.15, 0.2) is 0 Å². The van der Waals surface area contributed by atoms with E-state index in [0.717, 1.165) is 0 Å². The number of halogens is 1. The van der Waals surface area contributed by atoms with Crippen molar-refractivity contribution in [2.75, 3.05) is 25.2 Å². The van der Waals surface area contributed by atoms with Gasteiger partial charge in [-0.3, -0.25) is 4.79 Å². The van der Waals surface area contributed by atoms with Crippen LogP contribution in [-0.2, 0) is 0 Å². The van der Waals surface area contributed by atoms with E-state index < -0.39 is 0 Å². The number of nitrogens with two attached hydrogens (primary N) is 1. The second-order valence-corrected chi connectivity index (χ2v) is 4.76. The summed E-state index contributed by atoms with van der Waals surface area (Å²) < 4.78 is 5.16. The minimum Gasteiger partial charge on any atom is -0.497 e. The number of benzene rings is 2. The van der Waals surface area contributed by atoms with Gasteiger partial charge in [0.25, 0.3) is 5.91 Å². The number of hydrogen-bond acceptors (Lipinski definition) is 4. The van der Waals surface area contributed by atoms with E-state index in [4.69, 9.17) is 22.1 Å². The highest BCUT2D eigenvalue weighted by atomic mass is 35.5. The van der Waals surface area contributed by atoms with Gasteiger partial charge in [-0.25, -0.2) is 0 Å². The van der Waals surface area contributed by atoms with Gasteiger partial charge < -0.3 is 21.1 Å². The van der Waals surface area contributed by atoms with Gasteiger partial charge in [0, 0.05) is 18.7 Å². The molecular weight excluding hydrogens is 290 g/mol. The van der Waals surface area contributed by atoms with E-state index in [2.05, 4.69) is 10.6 Å². The Bertz CT molecular complexity index is 674. The summed E-state index contributed by atoms with van der Waals surface area (Å²) in [5.41, 5.74) is 8.26. The third-order valence-electron chi connectivity index (χ3n) is 2.98. The highest BCUT2D eigenvalue weighted by molar-refractivity contribution is 6.33. The maximum Gasteiger partial charge on any atom is 0.251 e. The molecule has 0 aliphatic rings. The maximum atomic E-state index is 11.5. The van der Waals surface area contributed by atoms with Crippen molar-refractivity contribution in [1.29, 1.82) is 0 Å². The fourth-order valence-electron chi connectivity index (χ4n) is 1.83. The molecular formula is C15H16ClN3O2. The molecule has 2 aromatic carbocycles. The number of hydrogen-bond donors (Lipinski definition) is 3. The second-order valence-electron chi connectivity index (χ2n) is 4.35. The quantitative estimate of drug-likeness (QED) is 0.759. The zero-order valence-electron chi connectivity index (χ0n) is 11.7. The summed E-state index contributed by atoms with van der Waals surface area (Å²) in [6, 6.07) is 10.3. The highest BCUT2D eigenvalue weighted by Gasteiger charge is 2.09. The number of carbonyl (C=O) groups excluding carboxylic acids is 1. The largest absolute Gasteiger partial charge is 0.497 e. The smallest absolute Gasteiger partial charge is 0.251 e. The molecule has 0 saturated carbocycles. The third kappa shape index (κ3) is 3.38. The van der Waals surface area contributed by atoms with Gasteiger partial charge in [0.05, 0.1) is 29.2 Å². The maximum absolute atomic E-state index is 11.5. The molecule has 110 valence electrons. The number of carbonyl (C=O) groups is 1. The molecule has 21 heavy (non-hydrogen) atoms. The van der Waals surface area contributed by atoms with E-state index in [-0.39, 0.29) is 5.91 Å². The molecule has 0 aliphatic heterocycles. The van der Waals surface area contributed by atoms with Gasteiger partial charge in [-0.2, -0.15) is 0 Å². The van der Waals surface area contributed by atoms with Crippen LogP contribution in [0.15, 0.2) is 36.4 Å². The predicted octanol–water partition coefficient (Wildman–Crippen LogP) is 3.03. The van der Waals surface area contributed by atoms with Crippen LogP contribution in [0.4, 0.5) is 17.1 Å². The van der Waals surface area contributed by atoms with Crippen molar-refractivity contribution in [3.05, 3.63) is 47.0 Å². The molecule has 0 aromatic heterocycles. The number of methoxy groups -OCH3 is 1. The molecule has 6 heteroatoms. The van der Waals surface area contributed by atoms with Crippen molar-refractivity contribution in [1.82, 2.24) is 5.32 Å². The summed E-state index contributed by atoms with van der Waals surface area (Å²) in [4.78, 5) is 11.5. The summed E-state index contributed by atoms with van der Waals surface area (Å²) in [6.45, 7) is 0. The van der Waals surface area contributed by atoms with Gasteiger partial charge in [-0.1, -0.05) is 11.6 Å². The van der Waals surface area contributed by atoms with Crippen LogP contribution in [0.5, 0.6) is 5.75 Å². The molecule has 0 atom stereocenters. The van der Waals surface area contributed by atoms with Crippen molar-refractivity contribution in [2.45, 2.75) is 0 Å². The predicted molar refractivity (Wildman–Crippen MR) is 85.5 cm³/mol. The van der Waals surface area contributed by atoms with Crippen LogP contribution in [0.25, 0.3) is 0 Å². The Morgan fingerprint density at radius 2 is 1.95 bits per heavy atom. The number of amides is 1. The van der Waals surface area contributed by atoms with Crippen molar-refractivity contribution in [2.24, 2.45) is 0 Å². The minimum atomic E-state index is -0.187. The number of anilines is 3. The van der Waals surface area contributed by atoms with E-state index in [1.807, 2.05) is 0 Å². The molecule has 0 radical (unpaired) electrons. The Balaban J connectivity index is 2.30. The molecule has 0 aliphatic carbocycles. The van der Waals surface area contributed by atoms with Crippen LogP contribution in [0.1, 0.15) is 10.4 Å². The molecule has 0 heterocycles. The Labute approximate surface area is 128 Å². The molecule has 2 rings (SSSR count). The van der Waals surface area contributed by atoms with E-state index in [0.29, 0.717) is 33.4 Å². The van der Waals surface area contributed by atoms with Crippen LogP contribution in [0.2, 0.25) is 5.02 Å². The molecule has 0 spiro atoms. The summed E-state index contributed by atoms with van der Waals surface area (Å²) in [5.74, 6) is 0.495. The number of ether oxygens (including phenoxy) is 1. The van der Waals surface area contributed by atoms with Gasteiger partial charge in [0.2, 0.25) is 0 Å². The average molecular weight is 306 g/mol. The lowest BCUT2D eigenvalue weighted by atomic mass is 10.1. The van der Waals surface area contributed by atoms with Gasteiger partial charge >= 0.3 is 0 Å². The van der Waals surface area contributed by atoms with E-state index in [1.165, 1.54) is 0 Å². The zero-order chi connectivity index (χ0) is 15.4. The molecule has 5 nitrogen and oxygen atoms in total. The fraction of sp³-hybridized carbons (Fsp3) is 0.133.